The zero-order valence-electron chi connectivity index (χ0n) is 13.5. The van der Waals surface area contributed by atoms with E-state index in [0.29, 0.717) is 24.0 Å². The fourth-order valence-electron chi connectivity index (χ4n) is 2.04. The molecule has 0 aliphatic heterocycles. The molecule has 0 saturated heterocycles. The van der Waals surface area contributed by atoms with E-state index in [1.54, 1.807) is 12.1 Å². The Labute approximate surface area is 135 Å². The second-order valence-corrected chi connectivity index (χ2v) is 5.04. The number of rotatable bonds is 5. The monoisotopic (exact) mass is 315 g/mol. The first-order valence-corrected chi connectivity index (χ1v) is 7.11. The summed E-state index contributed by atoms with van der Waals surface area (Å²) in [6.45, 7) is 2.35. The van der Waals surface area contributed by atoms with Gasteiger partial charge in [-0.1, -0.05) is 17.7 Å². The number of aryl methyl sites for hydroxylation is 1. The highest BCUT2D eigenvalue weighted by atomic mass is 16.5. The number of hydrogen-bond donors (Lipinski definition) is 3. The van der Waals surface area contributed by atoms with Crippen LogP contribution >= 0.6 is 0 Å². The summed E-state index contributed by atoms with van der Waals surface area (Å²) in [5.74, 6) is 0.938. The lowest BCUT2D eigenvalue weighted by Gasteiger charge is -2.10. The van der Waals surface area contributed by atoms with Crippen LogP contribution < -0.4 is 20.5 Å². The molecule has 0 amide bonds. The van der Waals surface area contributed by atoms with Gasteiger partial charge in [0, 0.05) is 5.69 Å². The molecule has 6 heteroatoms. The fourth-order valence-corrected chi connectivity index (χ4v) is 2.04. The van der Waals surface area contributed by atoms with Gasteiger partial charge in [0.15, 0.2) is 17.5 Å². The van der Waals surface area contributed by atoms with Gasteiger partial charge >= 0.3 is 0 Å². The number of aromatic hydroxyl groups is 1. The summed E-state index contributed by atoms with van der Waals surface area (Å²) in [5, 5.41) is 12.9. The van der Waals surface area contributed by atoms with Crippen molar-refractivity contribution in [3.8, 4) is 17.2 Å². The number of methoxy groups -OCH3 is 2. The Balaban J connectivity index is 2.10. The van der Waals surface area contributed by atoms with Crippen LogP contribution in [0.15, 0.2) is 41.4 Å². The van der Waals surface area contributed by atoms with Crippen LogP contribution in [0.2, 0.25) is 0 Å². The number of aliphatic imine (C=N–C) groups is 1. The summed E-state index contributed by atoms with van der Waals surface area (Å²) in [5.41, 5.74) is 8.75. The maximum atomic E-state index is 9.89. The van der Waals surface area contributed by atoms with Crippen molar-refractivity contribution in [2.75, 3.05) is 19.5 Å². The number of hydrogen-bond acceptors (Lipinski definition) is 4. The van der Waals surface area contributed by atoms with Crippen LogP contribution in [0.3, 0.4) is 0 Å². The maximum absolute atomic E-state index is 9.89. The van der Waals surface area contributed by atoms with Gasteiger partial charge in [-0.25, -0.2) is 4.99 Å². The van der Waals surface area contributed by atoms with Crippen LogP contribution in [0, 0.1) is 6.92 Å². The van der Waals surface area contributed by atoms with Crippen molar-refractivity contribution in [3.63, 3.8) is 0 Å². The SMILES string of the molecule is COc1cc(CN=C(N)Nc2ccc(C)cc2)cc(OC)c1O. The zero-order chi connectivity index (χ0) is 16.8. The van der Waals surface area contributed by atoms with Crippen LogP contribution in [0.25, 0.3) is 0 Å². The Morgan fingerprint density at radius 2 is 1.70 bits per heavy atom. The number of phenolic OH excluding ortho intramolecular Hbond substituents is 1. The van der Waals surface area contributed by atoms with Crippen LogP contribution in [-0.2, 0) is 6.54 Å². The van der Waals surface area contributed by atoms with Gasteiger partial charge in [-0.3, -0.25) is 0 Å². The molecule has 0 fully saturated rings. The molecule has 2 aromatic carbocycles. The summed E-state index contributed by atoms with van der Waals surface area (Å²) in [6.07, 6.45) is 0. The number of anilines is 1. The molecule has 122 valence electrons. The lowest BCUT2D eigenvalue weighted by atomic mass is 10.2. The molecular formula is C17H21N3O3. The quantitative estimate of drug-likeness (QED) is 0.583. The van der Waals surface area contributed by atoms with E-state index < -0.39 is 0 Å². The van der Waals surface area contributed by atoms with E-state index in [1.807, 2.05) is 31.2 Å². The van der Waals surface area contributed by atoms with E-state index in [4.69, 9.17) is 15.2 Å². The maximum Gasteiger partial charge on any atom is 0.200 e. The van der Waals surface area contributed by atoms with Gasteiger partial charge in [-0.2, -0.15) is 0 Å². The molecule has 0 spiro atoms. The van der Waals surface area contributed by atoms with Crippen LogP contribution in [0.1, 0.15) is 11.1 Å². The molecule has 0 bridgehead atoms. The normalized spacial score (nSPS) is 11.2. The average molecular weight is 315 g/mol. The zero-order valence-corrected chi connectivity index (χ0v) is 13.5. The third-order valence-corrected chi connectivity index (χ3v) is 3.30. The van der Waals surface area contributed by atoms with Gasteiger partial charge in [0.25, 0.3) is 0 Å². The number of nitrogens with one attached hydrogen (secondary N) is 1. The predicted octanol–water partition coefficient (Wildman–Crippen LogP) is 2.64. The van der Waals surface area contributed by atoms with Crippen molar-refractivity contribution in [1.82, 2.24) is 0 Å². The van der Waals surface area contributed by atoms with Crippen molar-refractivity contribution in [2.45, 2.75) is 13.5 Å². The van der Waals surface area contributed by atoms with Gasteiger partial charge in [0.2, 0.25) is 5.75 Å². The van der Waals surface area contributed by atoms with Gasteiger partial charge in [-0.05, 0) is 36.8 Å². The van der Waals surface area contributed by atoms with E-state index >= 15 is 0 Å². The number of nitrogens with two attached hydrogens (primary N) is 1. The highest BCUT2D eigenvalue weighted by Gasteiger charge is 2.10. The Kier molecular flexibility index (Phi) is 5.30. The Morgan fingerprint density at radius 1 is 1.13 bits per heavy atom. The number of guanidine groups is 1. The van der Waals surface area contributed by atoms with Gasteiger partial charge < -0.3 is 25.6 Å². The Hall–Kier alpha value is -2.89. The highest BCUT2D eigenvalue weighted by molar-refractivity contribution is 5.92. The molecule has 0 heterocycles. The molecular weight excluding hydrogens is 294 g/mol. The van der Waals surface area contributed by atoms with Crippen molar-refractivity contribution in [1.29, 1.82) is 0 Å². The molecule has 0 unspecified atom stereocenters. The molecule has 6 nitrogen and oxygen atoms in total. The van der Waals surface area contributed by atoms with Crippen LogP contribution in [-0.4, -0.2) is 25.3 Å². The molecule has 23 heavy (non-hydrogen) atoms. The first kappa shape index (κ1) is 16.5. The van der Waals surface area contributed by atoms with Gasteiger partial charge in [-0.15, -0.1) is 0 Å². The number of nitrogens with zero attached hydrogens (tertiary/aromatic N) is 1. The summed E-state index contributed by atoms with van der Waals surface area (Å²) in [7, 11) is 2.96. The standard InChI is InChI=1S/C17H21N3O3/c1-11-4-6-13(7-5-11)20-17(18)19-10-12-8-14(22-2)16(21)15(9-12)23-3/h4-9,21H,10H2,1-3H3,(H3,18,19,20). The first-order valence-electron chi connectivity index (χ1n) is 7.11. The molecule has 0 aromatic heterocycles. The van der Waals surface area contributed by atoms with E-state index in [-0.39, 0.29) is 5.75 Å². The summed E-state index contributed by atoms with van der Waals surface area (Å²) in [6, 6.07) is 11.2. The molecule has 0 atom stereocenters. The number of phenols is 1. The second-order valence-electron chi connectivity index (χ2n) is 5.04. The minimum Gasteiger partial charge on any atom is -0.502 e. The molecule has 4 N–H and O–H groups in total. The van der Waals surface area contributed by atoms with E-state index in [9.17, 15) is 5.11 Å². The molecule has 0 radical (unpaired) electrons. The molecule has 2 aromatic rings. The predicted molar refractivity (Wildman–Crippen MR) is 91.3 cm³/mol. The minimum absolute atomic E-state index is 0.0338. The highest BCUT2D eigenvalue weighted by Crippen LogP contribution is 2.37. The van der Waals surface area contributed by atoms with Crippen molar-refractivity contribution >= 4 is 11.6 Å². The lowest BCUT2D eigenvalue weighted by molar-refractivity contribution is 0.339. The topological polar surface area (TPSA) is 89.1 Å². The summed E-state index contributed by atoms with van der Waals surface area (Å²) < 4.78 is 10.2. The van der Waals surface area contributed by atoms with Crippen molar-refractivity contribution in [2.24, 2.45) is 10.7 Å². The fraction of sp³-hybridized carbons (Fsp3) is 0.235. The number of ether oxygens (including phenoxy) is 2. The van der Waals surface area contributed by atoms with Crippen LogP contribution in [0.4, 0.5) is 5.69 Å². The van der Waals surface area contributed by atoms with Crippen LogP contribution in [0.5, 0.6) is 17.2 Å². The largest absolute Gasteiger partial charge is 0.502 e. The molecule has 0 saturated carbocycles. The minimum atomic E-state index is -0.0338. The van der Waals surface area contributed by atoms with Crippen molar-refractivity contribution in [3.05, 3.63) is 47.5 Å². The molecule has 0 aliphatic rings. The lowest BCUT2D eigenvalue weighted by Crippen LogP contribution is -2.22. The third-order valence-electron chi connectivity index (χ3n) is 3.30. The average Bonchev–Trinajstić information content (AvgIpc) is 2.56. The molecule has 0 aliphatic carbocycles. The van der Waals surface area contributed by atoms with Crippen molar-refractivity contribution < 1.29 is 14.6 Å². The van der Waals surface area contributed by atoms with Gasteiger partial charge in [0.05, 0.1) is 20.8 Å². The Bertz CT molecular complexity index is 672. The molecule has 2 rings (SSSR count). The first-order chi connectivity index (χ1) is 11.0. The van der Waals surface area contributed by atoms with E-state index in [2.05, 4.69) is 10.3 Å². The smallest absolute Gasteiger partial charge is 0.200 e. The number of benzene rings is 2. The second kappa shape index (κ2) is 7.40. The van der Waals surface area contributed by atoms with E-state index in [1.165, 1.54) is 19.8 Å². The summed E-state index contributed by atoms with van der Waals surface area (Å²) >= 11 is 0. The Morgan fingerprint density at radius 3 is 2.22 bits per heavy atom. The third kappa shape index (κ3) is 4.29. The summed E-state index contributed by atoms with van der Waals surface area (Å²) in [4.78, 5) is 4.28. The van der Waals surface area contributed by atoms with E-state index in [0.717, 1.165) is 11.3 Å². The van der Waals surface area contributed by atoms with Gasteiger partial charge in [0.1, 0.15) is 0 Å².